The Bertz CT molecular complexity index is 276. The second-order valence-electron chi connectivity index (χ2n) is 5.64. The third-order valence-corrected chi connectivity index (χ3v) is 3.98. The van der Waals surface area contributed by atoms with Gasteiger partial charge in [-0.15, -0.1) is 0 Å². The zero-order valence-electron chi connectivity index (χ0n) is 14.0. The van der Waals surface area contributed by atoms with E-state index in [1.165, 1.54) is 46.3 Å². The molecule has 4 nitrogen and oxygen atoms in total. The standard InChI is InChI=1S/C17H32O4/c1-4-15(14-17(19)21-3)12-10-8-6-5-7-9-11-13-16(18)20-2/h15H,4-14H2,1-3H3. The summed E-state index contributed by atoms with van der Waals surface area (Å²) in [5, 5.41) is 0. The van der Waals surface area contributed by atoms with Crippen molar-refractivity contribution < 1.29 is 19.1 Å². The predicted octanol–water partition coefficient (Wildman–Crippen LogP) is 4.26. The van der Waals surface area contributed by atoms with Crippen molar-refractivity contribution in [2.75, 3.05) is 14.2 Å². The van der Waals surface area contributed by atoms with E-state index in [-0.39, 0.29) is 11.9 Å². The van der Waals surface area contributed by atoms with Crippen LogP contribution in [0.2, 0.25) is 0 Å². The molecule has 21 heavy (non-hydrogen) atoms. The van der Waals surface area contributed by atoms with Crippen molar-refractivity contribution in [3.8, 4) is 0 Å². The van der Waals surface area contributed by atoms with Crippen LogP contribution in [0.15, 0.2) is 0 Å². The summed E-state index contributed by atoms with van der Waals surface area (Å²) < 4.78 is 9.32. The van der Waals surface area contributed by atoms with E-state index in [9.17, 15) is 9.59 Å². The topological polar surface area (TPSA) is 52.6 Å². The first-order valence-corrected chi connectivity index (χ1v) is 8.27. The molecule has 0 N–H and O–H groups in total. The molecule has 0 aromatic carbocycles. The van der Waals surface area contributed by atoms with Gasteiger partial charge in [-0.25, -0.2) is 0 Å². The minimum atomic E-state index is -0.105. The molecule has 0 aromatic rings. The lowest BCUT2D eigenvalue weighted by Crippen LogP contribution is -2.09. The molecule has 0 amide bonds. The second kappa shape index (κ2) is 13.9. The van der Waals surface area contributed by atoms with E-state index in [0.29, 0.717) is 18.8 Å². The maximum absolute atomic E-state index is 11.2. The summed E-state index contributed by atoms with van der Waals surface area (Å²) in [6.07, 6.45) is 11.4. The minimum absolute atomic E-state index is 0.0903. The number of esters is 2. The zero-order chi connectivity index (χ0) is 15.9. The van der Waals surface area contributed by atoms with Crippen molar-refractivity contribution in [2.24, 2.45) is 5.92 Å². The molecule has 124 valence electrons. The Labute approximate surface area is 129 Å². The fourth-order valence-corrected chi connectivity index (χ4v) is 2.46. The van der Waals surface area contributed by atoms with Gasteiger partial charge in [-0.2, -0.15) is 0 Å². The SMILES string of the molecule is CCC(CCCCCCCCCC(=O)OC)CC(=O)OC. The fraction of sp³-hybridized carbons (Fsp3) is 0.882. The lowest BCUT2D eigenvalue weighted by molar-refractivity contribution is -0.142. The van der Waals surface area contributed by atoms with E-state index in [1.54, 1.807) is 0 Å². The summed E-state index contributed by atoms with van der Waals surface area (Å²) in [6.45, 7) is 2.13. The molecule has 0 rings (SSSR count). The van der Waals surface area contributed by atoms with Crippen molar-refractivity contribution >= 4 is 11.9 Å². The van der Waals surface area contributed by atoms with Crippen LogP contribution < -0.4 is 0 Å². The lowest BCUT2D eigenvalue weighted by Gasteiger charge is -2.12. The zero-order valence-corrected chi connectivity index (χ0v) is 14.0. The largest absolute Gasteiger partial charge is 0.469 e. The van der Waals surface area contributed by atoms with Gasteiger partial charge in [-0.3, -0.25) is 9.59 Å². The third kappa shape index (κ3) is 12.4. The summed E-state index contributed by atoms with van der Waals surface area (Å²) in [4.78, 5) is 22.2. The van der Waals surface area contributed by atoms with E-state index >= 15 is 0 Å². The van der Waals surface area contributed by atoms with Crippen molar-refractivity contribution in [2.45, 2.75) is 77.6 Å². The molecule has 0 heterocycles. The third-order valence-electron chi connectivity index (χ3n) is 3.98. The lowest BCUT2D eigenvalue weighted by atomic mass is 9.95. The number of rotatable bonds is 13. The fourth-order valence-electron chi connectivity index (χ4n) is 2.46. The molecule has 4 heteroatoms. The number of hydrogen-bond donors (Lipinski definition) is 0. The van der Waals surface area contributed by atoms with Crippen LogP contribution in [-0.2, 0) is 19.1 Å². The predicted molar refractivity (Wildman–Crippen MR) is 84.0 cm³/mol. The van der Waals surface area contributed by atoms with E-state index in [1.807, 2.05) is 0 Å². The van der Waals surface area contributed by atoms with E-state index in [2.05, 4.69) is 11.7 Å². The van der Waals surface area contributed by atoms with Gasteiger partial charge in [0.25, 0.3) is 0 Å². The normalized spacial score (nSPS) is 12.0. The van der Waals surface area contributed by atoms with Gasteiger partial charge >= 0.3 is 11.9 Å². The number of ether oxygens (including phenoxy) is 2. The molecule has 1 unspecified atom stereocenters. The quantitative estimate of drug-likeness (QED) is 0.377. The van der Waals surface area contributed by atoms with Gasteiger partial charge in [0.1, 0.15) is 0 Å². The Balaban J connectivity index is 3.38. The number of carbonyl (C=O) groups excluding carboxylic acids is 2. The summed E-state index contributed by atoms with van der Waals surface area (Å²) in [5.41, 5.74) is 0. The average Bonchev–Trinajstić information content (AvgIpc) is 2.51. The molecule has 0 aliphatic rings. The van der Waals surface area contributed by atoms with Crippen LogP contribution in [0.5, 0.6) is 0 Å². The Morgan fingerprint density at radius 3 is 1.86 bits per heavy atom. The molecule has 0 saturated carbocycles. The van der Waals surface area contributed by atoms with Crippen LogP contribution in [-0.4, -0.2) is 26.2 Å². The molecule has 0 fully saturated rings. The van der Waals surface area contributed by atoms with Gasteiger partial charge < -0.3 is 9.47 Å². The molecule has 0 aliphatic heterocycles. The highest BCUT2D eigenvalue weighted by atomic mass is 16.5. The number of hydrogen-bond acceptors (Lipinski definition) is 4. The monoisotopic (exact) mass is 300 g/mol. The maximum Gasteiger partial charge on any atom is 0.305 e. The highest BCUT2D eigenvalue weighted by Gasteiger charge is 2.11. The van der Waals surface area contributed by atoms with Crippen LogP contribution in [0.25, 0.3) is 0 Å². The van der Waals surface area contributed by atoms with E-state index < -0.39 is 0 Å². The first kappa shape index (κ1) is 19.9. The summed E-state index contributed by atoms with van der Waals surface area (Å²) in [6, 6.07) is 0. The average molecular weight is 300 g/mol. The number of unbranched alkanes of at least 4 members (excludes halogenated alkanes) is 6. The van der Waals surface area contributed by atoms with Crippen molar-refractivity contribution in [1.82, 2.24) is 0 Å². The van der Waals surface area contributed by atoms with Gasteiger partial charge in [0.15, 0.2) is 0 Å². The van der Waals surface area contributed by atoms with Gasteiger partial charge in [0.2, 0.25) is 0 Å². The Morgan fingerprint density at radius 2 is 1.33 bits per heavy atom. The molecule has 0 aliphatic carbocycles. The smallest absolute Gasteiger partial charge is 0.305 e. The molecule has 0 saturated heterocycles. The minimum Gasteiger partial charge on any atom is -0.469 e. The summed E-state index contributed by atoms with van der Waals surface area (Å²) in [7, 11) is 2.89. The highest BCUT2D eigenvalue weighted by molar-refractivity contribution is 5.69. The molecule has 0 bridgehead atoms. The first-order chi connectivity index (χ1) is 10.1. The van der Waals surface area contributed by atoms with Crippen LogP contribution in [0.4, 0.5) is 0 Å². The van der Waals surface area contributed by atoms with Gasteiger partial charge in [0.05, 0.1) is 14.2 Å². The molecular weight excluding hydrogens is 268 g/mol. The molecular formula is C17H32O4. The Kier molecular flexibility index (Phi) is 13.2. The molecule has 0 spiro atoms. The van der Waals surface area contributed by atoms with E-state index in [0.717, 1.165) is 25.7 Å². The van der Waals surface area contributed by atoms with Crippen molar-refractivity contribution in [3.05, 3.63) is 0 Å². The van der Waals surface area contributed by atoms with Crippen LogP contribution in [0.3, 0.4) is 0 Å². The van der Waals surface area contributed by atoms with Crippen LogP contribution in [0, 0.1) is 5.92 Å². The second-order valence-corrected chi connectivity index (χ2v) is 5.64. The highest BCUT2D eigenvalue weighted by Crippen LogP contribution is 2.19. The molecule has 0 radical (unpaired) electrons. The number of methoxy groups -OCH3 is 2. The van der Waals surface area contributed by atoms with Gasteiger partial charge in [-0.1, -0.05) is 51.9 Å². The van der Waals surface area contributed by atoms with E-state index in [4.69, 9.17) is 4.74 Å². The number of carbonyl (C=O) groups is 2. The van der Waals surface area contributed by atoms with Crippen molar-refractivity contribution in [3.63, 3.8) is 0 Å². The van der Waals surface area contributed by atoms with Gasteiger partial charge in [0, 0.05) is 12.8 Å². The van der Waals surface area contributed by atoms with Gasteiger partial charge in [-0.05, 0) is 18.8 Å². The molecule has 0 aromatic heterocycles. The van der Waals surface area contributed by atoms with Crippen LogP contribution in [0.1, 0.15) is 77.6 Å². The first-order valence-electron chi connectivity index (χ1n) is 8.27. The van der Waals surface area contributed by atoms with Crippen molar-refractivity contribution in [1.29, 1.82) is 0 Å². The summed E-state index contributed by atoms with van der Waals surface area (Å²) in [5.74, 6) is 0.274. The Morgan fingerprint density at radius 1 is 0.810 bits per heavy atom. The van der Waals surface area contributed by atoms with Crippen LogP contribution >= 0.6 is 0 Å². The molecule has 1 atom stereocenters. The maximum atomic E-state index is 11.2. The Hall–Kier alpha value is -1.06. The summed E-state index contributed by atoms with van der Waals surface area (Å²) >= 11 is 0.